The van der Waals surface area contributed by atoms with Crippen molar-refractivity contribution in [3.63, 3.8) is 0 Å². The van der Waals surface area contributed by atoms with Crippen molar-refractivity contribution in [1.29, 1.82) is 0 Å². The number of halogens is 1. The van der Waals surface area contributed by atoms with Gasteiger partial charge < -0.3 is 5.32 Å². The van der Waals surface area contributed by atoms with Crippen LogP contribution >= 0.6 is 0 Å². The fourth-order valence-electron chi connectivity index (χ4n) is 3.65. The van der Waals surface area contributed by atoms with E-state index in [2.05, 4.69) is 5.32 Å². The number of imide groups is 1. The second-order valence-electron chi connectivity index (χ2n) is 6.72. The van der Waals surface area contributed by atoms with Gasteiger partial charge in [-0.3, -0.25) is 9.69 Å². The molecule has 6 heteroatoms. The lowest BCUT2D eigenvalue weighted by molar-refractivity contribution is -0.133. The van der Waals surface area contributed by atoms with Crippen molar-refractivity contribution in [2.75, 3.05) is 13.2 Å². The SMILES string of the molecule is CCN(Cc1cccc(F)c1)CN1C(=O)NC2(CCCCC2)C1=O. The molecular weight excluding hydrogens is 309 g/mol. The molecule has 0 unspecified atom stereocenters. The van der Waals surface area contributed by atoms with E-state index in [0.29, 0.717) is 13.1 Å². The highest BCUT2D eigenvalue weighted by molar-refractivity contribution is 6.07. The van der Waals surface area contributed by atoms with Gasteiger partial charge in [-0.05, 0) is 37.1 Å². The van der Waals surface area contributed by atoms with Crippen molar-refractivity contribution in [3.05, 3.63) is 35.6 Å². The number of nitrogens with zero attached hydrogens (tertiary/aromatic N) is 2. The molecule has 3 amide bonds. The number of benzene rings is 1. The van der Waals surface area contributed by atoms with Gasteiger partial charge in [0.2, 0.25) is 0 Å². The van der Waals surface area contributed by atoms with Crippen molar-refractivity contribution in [1.82, 2.24) is 15.1 Å². The number of rotatable bonds is 5. The van der Waals surface area contributed by atoms with E-state index in [9.17, 15) is 14.0 Å². The van der Waals surface area contributed by atoms with Crippen LogP contribution in [0.4, 0.5) is 9.18 Å². The van der Waals surface area contributed by atoms with Crippen LogP contribution in [-0.4, -0.2) is 40.5 Å². The van der Waals surface area contributed by atoms with Crippen LogP contribution in [0.15, 0.2) is 24.3 Å². The Hall–Kier alpha value is -1.95. The lowest BCUT2D eigenvalue weighted by Gasteiger charge is -2.31. The van der Waals surface area contributed by atoms with Gasteiger partial charge in [0, 0.05) is 6.54 Å². The maximum atomic E-state index is 13.3. The molecule has 0 bridgehead atoms. The van der Waals surface area contributed by atoms with Crippen LogP contribution in [0, 0.1) is 5.82 Å². The first-order chi connectivity index (χ1) is 11.5. The zero-order valence-electron chi connectivity index (χ0n) is 14.1. The summed E-state index contributed by atoms with van der Waals surface area (Å²) in [4.78, 5) is 28.4. The first-order valence-corrected chi connectivity index (χ1v) is 8.65. The van der Waals surface area contributed by atoms with E-state index < -0.39 is 5.54 Å². The van der Waals surface area contributed by atoms with Gasteiger partial charge in [-0.25, -0.2) is 14.1 Å². The average Bonchev–Trinajstić information content (AvgIpc) is 2.79. The van der Waals surface area contributed by atoms with Crippen LogP contribution < -0.4 is 5.32 Å². The number of amides is 3. The third kappa shape index (κ3) is 3.29. The maximum Gasteiger partial charge on any atom is 0.326 e. The number of carbonyl (C=O) groups is 2. The smallest absolute Gasteiger partial charge is 0.323 e. The van der Waals surface area contributed by atoms with E-state index in [1.807, 2.05) is 17.9 Å². The highest BCUT2D eigenvalue weighted by Gasteiger charge is 2.51. The summed E-state index contributed by atoms with van der Waals surface area (Å²) < 4.78 is 13.3. The summed E-state index contributed by atoms with van der Waals surface area (Å²) in [6.45, 7) is 3.37. The van der Waals surface area contributed by atoms with Crippen LogP contribution in [0.5, 0.6) is 0 Å². The van der Waals surface area contributed by atoms with Crippen molar-refractivity contribution < 1.29 is 14.0 Å². The lowest BCUT2D eigenvalue weighted by atomic mass is 9.82. The quantitative estimate of drug-likeness (QED) is 0.843. The van der Waals surface area contributed by atoms with Crippen molar-refractivity contribution in [2.24, 2.45) is 0 Å². The third-order valence-corrected chi connectivity index (χ3v) is 5.04. The molecule has 1 aliphatic carbocycles. The highest BCUT2D eigenvalue weighted by Crippen LogP contribution is 2.33. The van der Waals surface area contributed by atoms with Crippen LogP contribution in [0.25, 0.3) is 0 Å². The van der Waals surface area contributed by atoms with Crippen LogP contribution in [0.1, 0.15) is 44.6 Å². The average molecular weight is 333 g/mol. The molecule has 130 valence electrons. The molecule has 1 aliphatic heterocycles. The topological polar surface area (TPSA) is 52.6 Å². The third-order valence-electron chi connectivity index (χ3n) is 5.04. The second-order valence-corrected chi connectivity index (χ2v) is 6.72. The predicted molar refractivity (Wildman–Crippen MR) is 88.5 cm³/mol. The van der Waals surface area contributed by atoms with E-state index in [4.69, 9.17) is 0 Å². The first kappa shape index (κ1) is 16.9. The maximum absolute atomic E-state index is 13.3. The predicted octanol–water partition coefficient (Wildman–Crippen LogP) is 2.86. The molecule has 1 N–H and O–H groups in total. The molecule has 1 spiro atoms. The molecule has 0 atom stereocenters. The van der Waals surface area contributed by atoms with Crippen LogP contribution in [-0.2, 0) is 11.3 Å². The Labute approximate surface area is 141 Å². The molecule has 0 aromatic heterocycles. The van der Waals surface area contributed by atoms with Gasteiger partial charge in [0.05, 0.1) is 6.67 Å². The Morgan fingerprint density at radius 1 is 1.25 bits per heavy atom. The number of carbonyl (C=O) groups excluding carboxylic acids is 2. The molecule has 1 saturated carbocycles. The first-order valence-electron chi connectivity index (χ1n) is 8.65. The monoisotopic (exact) mass is 333 g/mol. The standard InChI is InChI=1S/C18H24FN3O2/c1-2-21(12-14-7-6-8-15(19)11-14)13-22-16(23)18(20-17(22)24)9-4-3-5-10-18/h6-8,11H,2-5,9-10,12-13H2,1H3,(H,20,24). The lowest BCUT2D eigenvalue weighted by Crippen LogP contribution is -2.49. The normalized spacial score (nSPS) is 20.0. The minimum Gasteiger partial charge on any atom is -0.323 e. The Bertz CT molecular complexity index is 628. The molecule has 2 aliphatic rings. The zero-order valence-corrected chi connectivity index (χ0v) is 14.1. The molecule has 2 fully saturated rings. The fraction of sp³-hybridized carbons (Fsp3) is 0.556. The van der Waals surface area contributed by atoms with Gasteiger partial charge in [0.25, 0.3) is 5.91 Å². The Morgan fingerprint density at radius 3 is 2.67 bits per heavy atom. The number of hydrogen-bond donors (Lipinski definition) is 1. The van der Waals surface area contributed by atoms with Gasteiger partial charge in [-0.2, -0.15) is 0 Å². The zero-order chi connectivity index (χ0) is 17.2. The summed E-state index contributed by atoms with van der Waals surface area (Å²) in [5.41, 5.74) is 0.143. The van der Waals surface area contributed by atoms with Gasteiger partial charge >= 0.3 is 6.03 Å². The van der Waals surface area contributed by atoms with Crippen LogP contribution in [0.2, 0.25) is 0 Å². The number of nitrogens with one attached hydrogen (secondary N) is 1. The van der Waals surface area contributed by atoms with E-state index >= 15 is 0 Å². The molecule has 1 heterocycles. The largest absolute Gasteiger partial charge is 0.326 e. The van der Waals surface area contributed by atoms with Crippen molar-refractivity contribution in [3.8, 4) is 0 Å². The summed E-state index contributed by atoms with van der Waals surface area (Å²) in [5.74, 6) is -0.385. The Morgan fingerprint density at radius 2 is 2.00 bits per heavy atom. The molecule has 24 heavy (non-hydrogen) atoms. The summed E-state index contributed by atoms with van der Waals surface area (Å²) in [7, 11) is 0. The molecule has 3 rings (SSSR count). The minimum absolute atomic E-state index is 0.107. The fourth-order valence-corrected chi connectivity index (χ4v) is 3.65. The van der Waals surface area contributed by atoms with E-state index in [0.717, 1.165) is 37.7 Å². The summed E-state index contributed by atoms with van der Waals surface area (Å²) in [6.07, 6.45) is 4.51. The summed E-state index contributed by atoms with van der Waals surface area (Å²) in [6, 6.07) is 6.10. The summed E-state index contributed by atoms with van der Waals surface area (Å²) >= 11 is 0. The van der Waals surface area contributed by atoms with Gasteiger partial charge in [0.1, 0.15) is 11.4 Å². The minimum atomic E-state index is -0.687. The highest BCUT2D eigenvalue weighted by atomic mass is 19.1. The second kappa shape index (κ2) is 6.89. The Kier molecular flexibility index (Phi) is 4.85. The van der Waals surface area contributed by atoms with E-state index in [1.165, 1.54) is 17.0 Å². The molecule has 1 aromatic carbocycles. The van der Waals surface area contributed by atoms with Gasteiger partial charge in [0.15, 0.2) is 0 Å². The van der Waals surface area contributed by atoms with Crippen molar-refractivity contribution >= 4 is 11.9 Å². The summed E-state index contributed by atoms with van der Waals surface area (Å²) in [5, 5.41) is 2.92. The Balaban J connectivity index is 1.69. The van der Waals surface area contributed by atoms with E-state index in [1.54, 1.807) is 6.07 Å². The molecule has 1 aromatic rings. The van der Waals surface area contributed by atoms with Gasteiger partial charge in [-0.1, -0.05) is 38.3 Å². The molecular formula is C18H24FN3O2. The number of hydrogen-bond acceptors (Lipinski definition) is 3. The van der Waals surface area contributed by atoms with Crippen molar-refractivity contribution in [2.45, 2.75) is 51.1 Å². The molecule has 1 saturated heterocycles. The molecule has 0 radical (unpaired) electrons. The van der Waals surface area contributed by atoms with Crippen LogP contribution in [0.3, 0.4) is 0 Å². The van der Waals surface area contributed by atoms with E-state index in [-0.39, 0.29) is 24.4 Å². The molecule has 5 nitrogen and oxygen atoms in total. The van der Waals surface area contributed by atoms with Gasteiger partial charge in [-0.15, -0.1) is 0 Å². The number of urea groups is 1.